The van der Waals surface area contributed by atoms with Gasteiger partial charge in [-0.2, -0.15) is 0 Å². The van der Waals surface area contributed by atoms with Crippen LogP contribution in [0.2, 0.25) is 0 Å². The van der Waals surface area contributed by atoms with E-state index in [-0.39, 0.29) is 5.91 Å². The van der Waals surface area contributed by atoms with Gasteiger partial charge in [0, 0.05) is 24.7 Å². The number of nitrogens with two attached hydrogens (primary N) is 1. The van der Waals surface area contributed by atoms with E-state index in [1.165, 1.54) is 0 Å². The van der Waals surface area contributed by atoms with Crippen LogP contribution in [0.25, 0.3) is 0 Å². The van der Waals surface area contributed by atoms with Gasteiger partial charge < -0.3 is 10.6 Å². The van der Waals surface area contributed by atoms with Crippen LogP contribution in [0.1, 0.15) is 21.5 Å². The number of carbonyl (C=O) groups is 1. The Morgan fingerprint density at radius 2 is 1.76 bits per heavy atom. The lowest BCUT2D eigenvalue weighted by Gasteiger charge is -2.17. The van der Waals surface area contributed by atoms with Crippen LogP contribution in [-0.2, 0) is 6.54 Å². The first-order chi connectivity index (χ1) is 10.2. The van der Waals surface area contributed by atoms with Gasteiger partial charge in [-0.25, -0.2) is 0 Å². The highest BCUT2D eigenvalue weighted by Gasteiger charge is 2.11. The van der Waals surface area contributed by atoms with Crippen molar-refractivity contribution in [2.24, 2.45) is 5.73 Å². The molecule has 2 aromatic rings. The molecule has 0 radical (unpaired) electrons. The molecule has 0 saturated carbocycles. The molecule has 0 bridgehead atoms. The third-order valence-electron chi connectivity index (χ3n) is 3.08. The first kappa shape index (κ1) is 14.8. The molecule has 3 nitrogen and oxygen atoms in total. The van der Waals surface area contributed by atoms with Gasteiger partial charge in [0.2, 0.25) is 0 Å². The van der Waals surface area contributed by atoms with E-state index in [4.69, 9.17) is 5.73 Å². The molecule has 0 saturated heterocycles. The zero-order valence-electron chi connectivity index (χ0n) is 12.0. The summed E-state index contributed by atoms with van der Waals surface area (Å²) in [6.07, 6.45) is 0. The minimum absolute atomic E-state index is 0.0163. The Balaban J connectivity index is 2.02. The van der Waals surface area contributed by atoms with Gasteiger partial charge in [0.25, 0.3) is 5.91 Å². The van der Waals surface area contributed by atoms with Crippen LogP contribution in [0.15, 0.2) is 54.6 Å². The molecule has 0 aliphatic carbocycles. The van der Waals surface area contributed by atoms with Crippen molar-refractivity contribution in [3.63, 3.8) is 0 Å². The first-order valence-electron chi connectivity index (χ1n) is 6.79. The highest BCUT2D eigenvalue weighted by Crippen LogP contribution is 2.09. The van der Waals surface area contributed by atoms with E-state index >= 15 is 0 Å². The largest absolute Gasteiger partial charge is 0.337 e. The Kier molecular flexibility index (Phi) is 5.14. The van der Waals surface area contributed by atoms with Gasteiger partial charge in [-0.1, -0.05) is 42.2 Å². The molecule has 0 spiro atoms. The highest BCUT2D eigenvalue weighted by atomic mass is 16.2. The minimum atomic E-state index is 0.0163. The summed E-state index contributed by atoms with van der Waals surface area (Å²) in [5.41, 5.74) is 8.04. The molecule has 0 unspecified atom stereocenters. The fraction of sp³-hybridized carbons (Fsp3) is 0.167. The van der Waals surface area contributed by atoms with Crippen LogP contribution in [-0.4, -0.2) is 24.4 Å². The van der Waals surface area contributed by atoms with Crippen molar-refractivity contribution in [2.45, 2.75) is 6.54 Å². The summed E-state index contributed by atoms with van der Waals surface area (Å²) in [6.45, 7) is 0.925. The fourth-order valence-corrected chi connectivity index (χ4v) is 1.99. The third kappa shape index (κ3) is 4.20. The molecule has 21 heavy (non-hydrogen) atoms. The predicted molar refractivity (Wildman–Crippen MR) is 84.6 cm³/mol. The summed E-state index contributed by atoms with van der Waals surface area (Å²) in [7, 11) is 1.80. The molecule has 0 aliphatic rings. The predicted octanol–water partition coefficient (Wildman–Crippen LogP) is 2.27. The van der Waals surface area contributed by atoms with Gasteiger partial charge in [-0.05, 0) is 29.8 Å². The van der Waals surface area contributed by atoms with Crippen LogP contribution in [0, 0.1) is 11.8 Å². The topological polar surface area (TPSA) is 46.3 Å². The van der Waals surface area contributed by atoms with Crippen LogP contribution >= 0.6 is 0 Å². The molecule has 1 amide bonds. The van der Waals surface area contributed by atoms with Crippen LogP contribution in [0.5, 0.6) is 0 Å². The Morgan fingerprint density at radius 1 is 1.10 bits per heavy atom. The number of hydrogen-bond acceptors (Lipinski definition) is 2. The summed E-state index contributed by atoms with van der Waals surface area (Å²) in [4.78, 5) is 14.0. The van der Waals surface area contributed by atoms with Crippen molar-refractivity contribution >= 4 is 5.91 Å². The smallest absolute Gasteiger partial charge is 0.253 e. The second-order valence-corrected chi connectivity index (χ2v) is 4.73. The summed E-state index contributed by atoms with van der Waals surface area (Å²) >= 11 is 0. The van der Waals surface area contributed by atoms with Crippen molar-refractivity contribution < 1.29 is 4.79 Å². The molecule has 0 aromatic heterocycles. The fourth-order valence-electron chi connectivity index (χ4n) is 1.99. The van der Waals surface area contributed by atoms with E-state index in [1.807, 2.05) is 54.6 Å². The Hall–Kier alpha value is -2.57. The van der Waals surface area contributed by atoms with Gasteiger partial charge >= 0.3 is 0 Å². The average molecular weight is 278 g/mol. The second kappa shape index (κ2) is 7.28. The van der Waals surface area contributed by atoms with Crippen molar-refractivity contribution in [3.05, 3.63) is 71.3 Å². The Labute approximate surface area is 125 Å². The SMILES string of the molecule is CN(Cc1ccc(C#CCN)cc1)C(=O)c1ccccc1. The molecular weight excluding hydrogens is 260 g/mol. The first-order valence-corrected chi connectivity index (χ1v) is 6.79. The zero-order valence-corrected chi connectivity index (χ0v) is 12.0. The van der Waals surface area contributed by atoms with E-state index in [0.29, 0.717) is 18.7 Å². The third-order valence-corrected chi connectivity index (χ3v) is 3.08. The van der Waals surface area contributed by atoms with Crippen molar-refractivity contribution in [1.82, 2.24) is 4.90 Å². The monoisotopic (exact) mass is 278 g/mol. The number of hydrogen-bond donors (Lipinski definition) is 1. The molecule has 2 N–H and O–H groups in total. The van der Waals surface area contributed by atoms with Gasteiger partial charge in [0.05, 0.1) is 6.54 Å². The molecule has 2 rings (SSSR count). The lowest BCUT2D eigenvalue weighted by Crippen LogP contribution is -2.26. The number of carbonyl (C=O) groups excluding carboxylic acids is 1. The maximum atomic E-state index is 12.2. The van der Waals surface area contributed by atoms with E-state index in [2.05, 4.69) is 11.8 Å². The maximum absolute atomic E-state index is 12.2. The van der Waals surface area contributed by atoms with Crippen LogP contribution in [0.3, 0.4) is 0 Å². The molecule has 3 heteroatoms. The van der Waals surface area contributed by atoms with E-state index in [0.717, 1.165) is 11.1 Å². The van der Waals surface area contributed by atoms with Crippen molar-refractivity contribution in [3.8, 4) is 11.8 Å². The number of rotatable bonds is 3. The van der Waals surface area contributed by atoms with Crippen LogP contribution < -0.4 is 5.73 Å². The maximum Gasteiger partial charge on any atom is 0.253 e. The minimum Gasteiger partial charge on any atom is -0.337 e. The van der Waals surface area contributed by atoms with Gasteiger partial charge in [0.1, 0.15) is 0 Å². The van der Waals surface area contributed by atoms with Gasteiger partial charge in [-0.15, -0.1) is 0 Å². The lowest BCUT2D eigenvalue weighted by molar-refractivity contribution is 0.0785. The Bertz CT molecular complexity index is 651. The molecule has 106 valence electrons. The number of benzene rings is 2. The molecule has 0 heterocycles. The summed E-state index contributed by atoms with van der Waals surface area (Å²) in [6, 6.07) is 17.1. The molecule has 2 aromatic carbocycles. The summed E-state index contributed by atoms with van der Waals surface area (Å²) < 4.78 is 0. The highest BCUT2D eigenvalue weighted by molar-refractivity contribution is 5.93. The zero-order chi connectivity index (χ0) is 15.1. The van der Waals surface area contributed by atoms with Gasteiger partial charge in [-0.3, -0.25) is 4.79 Å². The van der Waals surface area contributed by atoms with E-state index < -0.39 is 0 Å². The normalized spacial score (nSPS) is 9.62. The number of amides is 1. The molecule has 0 fully saturated rings. The summed E-state index contributed by atoms with van der Waals surface area (Å²) in [5, 5.41) is 0. The average Bonchev–Trinajstić information content (AvgIpc) is 2.54. The van der Waals surface area contributed by atoms with Crippen LogP contribution in [0.4, 0.5) is 0 Å². The molecule has 0 aliphatic heterocycles. The van der Waals surface area contributed by atoms with E-state index in [9.17, 15) is 4.79 Å². The number of nitrogens with zero attached hydrogens (tertiary/aromatic N) is 1. The van der Waals surface area contributed by atoms with Crippen molar-refractivity contribution in [1.29, 1.82) is 0 Å². The Morgan fingerprint density at radius 3 is 2.38 bits per heavy atom. The van der Waals surface area contributed by atoms with E-state index in [1.54, 1.807) is 11.9 Å². The molecular formula is C18H18N2O. The standard InChI is InChI=1S/C18H18N2O/c1-20(18(21)17-7-3-2-4-8-17)14-16-11-9-15(10-12-16)6-5-13-19/h2-4,7-12H,13-14,19H2,1H3. The summed E-state index contributed by atoms with van der Waals surface area (Å²) in [5.74, 6) is 5.81. The van der Waals surface area contributed by atoms with Gasteiger partial charge in [0.15, 0.2) is 0 Å². The molecule has 0 atom stereocenters. The van der Waals surface area contributed by atoms with Crippen molar-refractivity contribution in [2.75, 3.05) is 13.6 Å². The lowest BCUT2D eigenvalue weighted by atomic mass is 10.1. The quantitative estimate of drug-likeness (QED) is 0.875. The second-order valence-electron chi connectivity index (χ2n) is 4.73.